The van der Waals surface area contributed by atoms with Crippen LogP contribution in [-0.4, -0.2) is 12.6 Å². The van der Waals surface area contributed by atoms with Crippen LogP contribution >= 0.6 is 0 Å². The van der Waals surface area contributed by atoms with Gasteiger partial charge in [-0.25, -0.2) is 4.79 Å². The van der Waals surface area contributed by atoms with Gasteiger partial charge in [0.1, 0.15) is 0 Å². The lowest BCUT2D eigenvalue weighted by Crippen LogP contribution is -2.43. The van der Waals surface area contributed by atoms with Crippen LogP contribution in [0.25, 0.3) is 0 Å². The van der Waals surface area contributed by atoms with E-state index in [0.717, 1.165) is 30.8 Å². The monoisotopic (exact) mass is 356 g/mol. The molecule has 1 aliphatic heterocycles. The van der Waals surface area contributed by atoms with E-state index in [1.807, 2.05) is 58.3 Å². The normalized spacial score (nSPS) is 17.7. The van der Waals surface area contributed by atoms with Gasteiger partial charge in [-0.3, -0.25) is 9.80 Å². The maximum Gasteiger partial charge on any atom is 0.329 e. The predicted octanol–water partition coefficient (Wildman–Crippen LogP) is 5.96. The van der Waals surface area contributed by atoms with Crippen molar-refractivity contribution in [3.05, 3.63) is 96.1 Å². The molecule has 0 radical (unpaired) electrons. The molecule has 1 aliphatic rings. The highest BCUT2D eigenvalue weighted by molar-refractivity contribution is 6.04. The van der Waals surface area contributed by atoms with Crippen LogP contribution in [-0.2, 0) is 0 Å². The van der Waals surface area contributed by atoms with Gasteiger partial charge in [0.05, 0.1) is 6.04 Å². The maximum absolute atomic E-state index is 13.7. The third kappa shape index (κ3) is 3.59. The fourth-order valence-corrected chi connectivity index (χ4v) is 3.77. The summed E-state index contributed by atoms with van der Waals surface area (Å²) in [7, 11) is 0. The van der Waals surface area contributed by atoms with E-state index in [0.29, 0.717) is 0 Å². The Kier molecular flexibility index (Phi) is 4.93. The number of hydrogen-bond acceptors (Lipinski definition) is 1. The molecule has 27 heavy (non-hydrogen) atoms. The first kappa shape index (κ1) is 17.3. The second-order valence-corrected chi connectivity index (χ2v) is 7.04. The van der Waals surface area contributed by atoms with Gasteiger partial charge in [0.25, 0.3) is 0 Å². The Hall–Kier alpha value is -3.07. The molecule has 3 nitrogen and oxygen atoms in total. The number of rotatable bonds is 3. The summed E-state index contributed by atoms with van der Waals surface area (Å²) in [6.07, 6.45) is 1.90. The fourth-order valence-electron chi connectivity index (χ4n) is 3.77. The molecule has 0 aliphatic carbocycles. The molecule has 0 saturated carbocycles. The number of amides is 2. The van der Waals surface area contributed by atoms with Crippen molar-refractivity contribution >= 4 is 17.4 Å². The van der Waals surface area contributed by atoms with Crippen LogP contribution in [0.2, 0.25) is 0 Å². The first-order valence-electron chi connectivity index (χ1n) is 9.51. The molecule has 3 aromatic carbocycles. The number of carbonyl (C=O) groups is 1. The van der Waals surface area contributed by atoms with Crippen molar-refractivity contribution in [1.29, 1.82) is 0 Å². The SMILES string of the molecule is Cc1ccc(N2C(=O)N(c3ccccc3)CCCC2c2ccccc2)cc1. The first-order chi connectivity index (χ1) is 13.2. The number of aryl methyl sites for hydroxylation is 1. The zero-order chi connectivity index (χ0) is 18.6. The van der Waals surface area contributed by atoms with Crippen molar-refractivity contribution in [2.75, 3.05) is 16.3 Å². The van der Waals surface area contributed by atoms with E-state index in [4.69, 9.17) is 0 Å². The fraction of sp³-hybridized carbons (Fsp3) is 0.208. The molecule has 0 spiro atoms. The Morgan fingerprint density at radius 1 is 0.778 bits per heavy atom. The van der Waals surface area contributed by atoms with E-state index < -0.39 is 0 Å². The molecule has 1 fully saturated rings. The number of benzene rings is 3. The first-order valence-corrected chi connectivity index (χ1v) is 9.51. The Morgan fingerprint density at radius 2 is 1.41 bits per heavy atom. The van der Waals surface area contributed by atoms with Gasteiger partial charge in [-0.2, -0.15) is 0 Å². The molecule has 4 rings (SSSR count). The lowest BCUT2D eigenvalue weighted by atomic mass is 10.00. The number of urea groups is 1. The summed E-state index contributed by atoms with van der Waals surface area (Å²) in [5.74, 6) is 0. The molecule has 0 bridgehead atoms. The van der Waals surface area contributed by atoms with Crippen molar-refractivity contribution in [3.8, 4) is 0 Å². The van der Waals surface area contributed by atoms with Crippen molar-refractivity contribution < 1.29 is 4.79 Å². The average Bonchev–Trinajstić information content (AvgIpc) is 2.89. The summed E-state index contributed by atoms with van der Waals surface area (Å²) in [5.41, 5.74) is 4.27. The van der Waals surface area contributed by atoms with Gasteiger partial charge in [0, 0.05) is 17.9 Å². The lowest BCUT2D eigenvalue weighted by molar-refractivity contribution is 0.250. The van der Waals surface area contributed by atoms with Crippen LogP contribution in [0.15, 0.2) is 84.9 Å². The average molecular weight is 356 g/mol. The van der Waals surface area contributed by atoms with Crippen LogP contribution in [0.1, 0.15) is 30.0 Å². The Balaban J connectivity index is 1.78. The molecule has 0 aromatic heterocycles. The molecule has 3 heteroatoms. The van der Waals surface area contributed by atoms with Crippen LogP contribution in [0.3, 0.4) is 0 Å². The molecule has 1 unspecified atom stereocenters. The molecule has 2 amide bonds. The third-order valence-corrected chi connectivity index (χ3v) is 5.17. The minimum Gasteiger partial charge on any atom is -0.294 e. The van der Waals surface area contributed by atoms with Gasteiger partial charge < -0.3 is 0 Å². The van der Waals surface area contributed by atoms with Gasteiger partial charge >= 0.3 is 6.03 Å². The number of para-hydroxylation sites is 1. The topological polar surface area (TPSA) is 23.6 Å². The summed E-state index contributed by atoms with van der Waals surface area (Å²) < 4.78 is 0. The number of anilines is 2. The van der Waals surface area contributed by atoms with Gasteiger partial charge in [0.2, 0.25) is 0 Å². The summed E-state index contributed by atoms with van der Waals surface area (Å²) in [6.45, 7) is 2.80. The van der Waals surface area contributed by atoms with E-state index in [1.54, 1.807) is 0 Å². The number of hydrogen-bond donors (Lipinski definition) is 0. The molecule has 3 aromatic rings. The molecule has 1 heterocycles. The highest BCUT2D eigenvalue weighted by Crippen LogP contribution is 2.35. The van der Waals surface area contributed by atoms with E-state index in [1.165, 1.54) is 11.1 Å². The summed E-state index contributed by atoms with van der Waals surface area (Å²) in [4.78, 5) is 17.5. The van der Waals surface area contributed by atoms with Crippen molar-refractivity contribution in [2.45, 2.75) is 25.8 Å². The highest BCUT2D eigenvalue weighted by Gasteiger charge is 2.33. The second kappa shape index (κ2) is 7.67. The largest absolute Gasteiger partial charge is 0.329 e. The highest BCUT2D eigenvalue weighted by atomic mass is 16.2. The van der Waals surface area contributed by atoms with E-state index >= 15 is 0 Å². The van der Waals surface area contributed by atoms with Gasteiger partial charge in [-0.05, 0) is 49.6 Å². The van der Waals surface area contributed by atoms with E-state index in [-0.39, 0.29) is 12.1 Å². The molecule has 0 N–H and O–H groups in total. The summed E-state index contributed by atoms with van der Waals surface area (Å²) in [5, 5.41) is 0. The minimum atomic E-state index is 0.0371. The zero-order valence-electron chi connectivity index (χ0n) is 15.6. The lowest BCUT2D eigenvalue weighted by Gasteiger charge is -2.33. The van der Waals surface area contributed by atoms with Gasteiger partial charge in [0.15, 0.2) is 0 Å². The quantitative estimate of drug-likeness (QED) is 0.568. The van der Waals surface area contributed by atoms with Crippen molar-refractivity contribution in [1.82, 2.24) is 0 Å². The van der Waals surface area contributed by atoms with E-state index in [2.05, 4.69) is 43.3 Å². The standard InChI is InChI=1S/C24H24N2O/c1-19-14-16-22(17-15-19)26-23(20-9-4-2-5-10-20)13-8-18-25(24(26)27)21-11-6-3-7-12-21/h2-7,9-12,14-17,23H,8,13,18H2,1H3. The van der Waals surface area contributed by atoms with Crippen LogP contribution in [0.4, 0.5) is 16.2 Å². The number of carbonyl (C=O) groups excluding carboxylic acids is 1. The third-order valence-electron chi connectivity index (χ3n) is 5.17. The van der Waals surface area contributed by atoms with Gasteiger partial charge in [-0.15, -0.1) is 0 Å². The molecule has 1 atom stereocenters. The predicted molar refractivity (Wildman–Crippen MR) is 111 cm³/mol. The second-order valence-electron chi connectivity index (χ2n) is 7.04. The molecule has 1 saturated heterocycles. The maximum atomic E-state index is 13.7. The summed E-state index contributed by atoms with van der Waals surface area (Å²) in [6, 6.07) is 28.7. The number of nitrogens with zero attached hydrogens (tertiary/aromatic N) is 2. The van der Waals surface area contributed by atoms with Crippen molar-refractivity contribution in [3.63, 3.8) is 0 Å². The molecular formula is C24H24N2O. The smallest absolute Gasteiger partial charge is 0.294 e. The Bertz CT molecular complexity index is 891. The van der Waals surface area contributed by atoms with Crippen LogP contribution in [0, 0.1) is 6.92 Å². The van der Waals surface area contributed by atoms with Crippen LogP contribution in [0.5, 0.6) is 0 Å². The Labute approximate surface area is 160 Å². The van der Waals surface area contributed by atoms with Crippen molar-refractivity contribution in [2.24, 2.45) is 0 Å². The summed E-state index contributed by atoms with van der Waals surface area (Å²) >= 11 is 0. The van der Waals surface area contributed by atoms with Gasteiger partial charge in [-0.1, -0.05) is 66.2 Å². The molecular weight excluding hydrogens is 332 g/mol. The van der Waals surface area contributed by atoms with Crippen LogP contribution < -0.4 is 9.80 Å². The Morgan fingerprint density at radius 3 is 2.07 bits per heavy atom. The molecule has 136 valence electrons. The minimum absolute atomic E-state index is 0.0371. The van der Waals surface area contributed by atoms with E-state index in [9.17, 15) is 4.79 Å². The zero-order valence-corrected chi connectivity index (χ0v) is 15.6.